The zero-order chi connectivity index (χ0) is 13.8. The zero-order valence-electron chi connectivity index (χ0n) is 11.2. The molecule has 1 saturated carbocycles. The fraction of sp³-hybridized carbons (Fsp3) is 0.600. The molecule has 2 unspecified atom stereocenters. The fourth-order valence-corrected chi connectivity index (χ4v) is 4.13. The third-order valence-electron chi connectivity index (χ3n) is 4.02. The minimum Gasteiger partial charge on any atom is -0.380 e. The Morgan fingerprint density at radius 1 is 1.16 bits per heavy atom. The normalized spacial score (nSPS) is 24.0. The average molecular weight is 365 g/mol. The van der Waals surface area contributed by atoms with Gasteiger partial charge in [-0.05, 0) is 37.3 Å². The lowest BCUT2D eigenvalue weighted by Crippen LogP contribution is -2.19. The molecule has 0 amide bonds. The third-order valence-corrected chi connectivity index (χ3v) is 5.08. The number of halogens is 3. The first kappa shape index (κ1) is 15.5. The molecule has 1 nitrogen and oxygen atoms in total. The molecule has 4 heteroatoms. The highest BCUT2D eigenvalue weighted by molar-refractivity contribution is 9.10. The van der Waals surface area contributed by atoms with Crippen LogP contribution in [0.4, 0.5) is 5.69 Å². The molecule has 2 atom stereocenters. The first-order valence-electron chi connectivity index (χ1n) is 7.01. The summed E-state index contributed by atoms with van der Waals surface area (Å²) in [7, 11) is 0. The number of nitrogens with one attached hydrogen (secondary N) is 1. The van der Waals surface area contributed by atoms with Crippen molar-refractivity contribution in [1.29, 1.82) is 0 Å². The lowest BCUT2D eigenvalue weighted by atomic mass is 9.98. The molecule has 0 heterocycles. The summed E-state index contributed by atoms with van der Waals surface area (Å²) in [6.45, 7) is 2.29. The van der Waals surface area contributed by atoms with Crippen molar-refractivity contribution < 1.29 is 0 Å². The Morgan fingerprint density at radius 3 is 2.47 bits per heavy atom. The van der Waals surface area contributed by atoms with Crippen molar-refractivity contribution in [3.05, 3.63) is 26.7 Å². The molecule has 0 aromatic heterocycles. The van der Waals surface area contributed by atoms with Crippen LogP contribution in [0.3, 0.4) is 0 Å². The lowest BCUT2D eigenvalue weighted by Gasteiger charge is -2.20. The molecule has 106 valence electrons. The Kier molecular flexibility index (Phi) is 5.86. The molecule has 0 saturated heterocycles. The molecule has 0 bridgehead atoms. The summed E-state index contributed by atoms with van der Waals surface area (Å²) in [5.74, 6) is 0.891. The second-order valence-corrected chi connectivity index (χ2v) is 7.10. The SMILES string of the molecule is CCC1CCCC(Nc2c(Cl)cc(Br)cc2Cl)CC1. The van der Waals surface area contributed by atoms with Gasteiger partial charge in [0.15, 0.2) is 0 Å². The third kappa shape index (κ3) is 4.27. The van der Waals surface area contributed by atoms with Crippen molar-refractivity contribution in [2.24, 2.45) is 5.92 Å². The highest BCUT2D eigenvalue weighted by atomic mass is 79.9. The van der Waals surface area contributed by atoms with E-state index in [-0.39, 0.29) is 0 Å². The highest BCUT2D eigenvalue weighted by Crippen LogP contribution is 2.36. The number of hydrogen-bond donors (Lipinski definition) is 1. The van der Waals surface area contributed by atoms with E-state index in [0.29, 0.717) is 16.1 Å². The smallest absolute Gasteiger partial charge is 0.0721 e. The molecule has 1 aliphatic carbocycles. The van der Waals surface area contributed by atoms with Gasteiger partial charge in [-0.1, -0.05) is 65.3 Å². The van der Waals surface area contributed by atoms with Gasteiger partial charge in [0, 0.05) is 10.5 Å². The van der Waals surface area contributed by atoms with Crippen LogP contribution >= 0.6 is 39.1 Å². The minimum atomic E-state index is 0.493. The molecular weight excluding hydrogens is 345 g/mol. The maximum atomic E-state index is 6.27. The molecule has 1 aliphatic rings. The van der Waals surface area contributed by atoms with Crippen LogP contribution < -0.4 is 5.32 Å². The first-order chi connectivity index (χ1) is 9.10. The maximum Gasteiger partial charge on any atom is 0.0721 e. The van der Waals surface area contributed by atoms with Gasteiger partial charge >= 0.3 is 0 Å². The van der Waals surface area contributed by atoms with Gasteiger partial charge in [0.1, 0.15) is 0 Å². The average Bonchev–Trinajstić information content (AvgIpc) is 2.58. The Hall–Kier alpha value is 0.0800. The second-order valence-electron chi connectivity index (χ2n) is 5.37. The van der Waals surface area contributed by atoms with Gasteiger partial charge in [-0.2, -0.15) is 0 Å². The molecule has 0 radical (unpaired) electrons. The van der Waals surface area contributed by atoms with Crippen LogP contribution in [0, 0.1) is 5.92 Å². The summed E-state index contributed by atoms with van der Waals surface area (Å²) in [4.78, 5) is 0. The Bertz CT molecular complexity index is 413. The van der Waals surface area contributed by atoms with E-state index in [2.05, 4.69) is 28.2 Å². The zero-order valence-corrected chi connectivity index (χ0v) is 14.3. The molecule has 1 fully saturated rings. The Balaban J connectivity index is 2.05. The summed E-state index contributed by atoms with van der Waals surface area (Å²) in [5, 5.41) is 4.93. The fourth-order valence-electron chi connectivity index (χ4n) is 2.82. The maximum absolute atomic E-state index is 6.27. The standard InChI is InChI=1S/C15H20BrCl2N/c1-2-10-4-3-5-12(7-6-10)19-15-13(17)8-11(16)9-14(15)18/h8-10,12,19H,2-7H2,1H3. The van der Waals surface area contributed by atoms with Crippen molar-refractivity contribution in [1.82, 2.24) is 0 Å². The molecule has 0 aliphatic heterocycles. The van der Waals surface area contributed by atoms with E-state index >= 15 is 0 Å². The number of anilines is 1. The van der Waals surface area contributed by atoms with Crippen molar-refractivity contribution in [3.63, 3.8) is 0 Å². The molecule has 2 rings (SSSR count). The van der Waals surface area contributed by atoms with Crippen molar-refractivity contribution in [2.75, 3.05) is 5.32 Å². The number of rotatable bonds is 3. The van der Waals surface area contributed by atoms with Crippen LogP contribution in [-0.4, -0.2) is 6.04 Å². The topological polar surface area (TPSA) is 12.0 Å². The van der Waals surface area contributed by atoms with Gasteiger partial charge in [0.25, 0.3) is 0 Å². The Morgan fingerprint density at radius 2 is 1.84 bits per heavy atom. The molecule has 1 aromatic carbocycles. The van der Waals surface area contributed by atoms with Crippen molar-refractivity contribution >= 4 is 44.8 Å². The van der Waals surface area contributed by atoms with Crippen LogP contribution in [0.15, 0.2) is 16.6 Å². The monoisotopic (exact) mass is 363 g/mol. The van der Waals surface area contributed by atoms with E-state index in [4.69, 9.17) is 23.2 Å². The van der Waals surface area contributed by atoms with E-state index in [9.17, 15) is 0 Å². The lowest BCUT2D eigenvalue weighted by molar-refractivity contribution is 0.444. The van der Waals surface area contributed by atoms with Gasteiger partial charge in [-0.3, -0.25) is 0 Å². The largest absolute Gasteiger partial charge is 0.380 e. The molecule has 19 heavy (non-hydrogen) atoms. The van der Waals surface area contributed by atoms with Crippen molar-refractivity contribution in [2.45, 2.75) is 51.5 Å². The highest BCUT2D eigenvalue weighted by Gasteiger charge is 2.19. The van der Waals surface area contributed by atoms with Gasteiger partial charge in [-0.15, -0.1) is 0 Å². The van der Waals surface area contributed by atoms with E-state index in [1.165, 1.54) is 38.5 Å². The van der Waals surface area contributed by atoms with E-state index in [1.807, 2.05) is 12.1 Å². The van der Waals surface area contributed by atoms with Crippen LogP contribution in [-0.2, 0) is 0 Å². The second kappa shape index (κ2) is 7.19. The quantitative estimate of drug-likeness (QED) is 0.601. The van der Waals surface area contributed by atoms with Crippen LogP contribution in [0.5, 0.6) is 0 Å². The molecule has 0 spiro atoms. The van der Waals surface area contributed by atoms with Gasteiger partial charge in [0.2, 0.25) is 0 Å². The summed E-state index contributed by atoms with van der Waals surface area (Å²) < 4.78 is 0.917. The molecule has 1 aromatic rings. The van der Waals surface area contributed by atoms with Gasteiger partial charge in [-0.25, -0.2) is 0 Å². The van der Waals surface area contributed by atoms with Crippen LogP contribution in [0.25, 0.3) is 0 Å². The van der Waals surface area contributed by atoms with E-state index in [0.717, 1.165) is 16.1 Å². The minimum absolute atomic E-state index is 0.493. The summed E-state index contributed by atoms with van der Waals surface area (Å²) in [6.07, 6.45) is 7.67. The van der Waals surface area contributed by atoms with Gasteiger partial charge < -0.3 is 5.32 Å². The molecular formula is C15H20BrCl2N. The van der Waals surface area contributed by atoms with Crippen LogP contribution in [0.2, 0.25) is 10.0 Å². The summed E-state index contributed by atoms with van der Waals surface area (Å²) in [5.41, 5.74) is 0.881. The predicted molar refractivity (Wildman–Crippen MR) is 88.4 cm³/mol. The number of hydrogen-bond acceptors (Lipinski definition) is 1. The van der Waals surface area contributed by atoms with Gasteiger partial charge in [0.05, 0.1) is 15.7 Å². The first-order valence-corrected chi connectivity index (χ1v) is 8.56. The Labute approximate surface area is 134 Å². The van der Waals surface area contributed by atoms with E-state index in [1.54, 1.807) is 0 Å². The molecule has 1 N–H and O–H groups in total. The summed E-state index contributed by atoms with van der Waals surface area (Å²) >= 11 is 16.0. The summed E-state index contributed by atoms with van der Waals surface area (Å²) in [6, 6.07) is 4.27. The van der Waals surface area contributed by atoms with E-state index < -0.39 is 0 Å². The predicted octanol–water partition coefficient (Wildman–Crippen LogP) is 6.53. The number of benzene rings is 1. The van der Waals surface area contributed by atoms with Crippen LogP contribution in [0.1, 0.15) is 45.4 Å². The van der Waals surface area contributed by atoms with Crippen molar-refractivity contribution in [3.8, 4) is 0 Å².